The molecule has 7 heteroatoms. The highest BCUT2D eigenvalue weighted by Gasteiger charge is 2.25. The van der Waals surface area contributed by atoms with Gasteiger partial charge in [-0.1, -0.05) is 27.2 Å². The van der Waals surface area contributed by atoms with E-state index in [2.05, 4.69) is 5.32 Å². The van der Waals surface area contributed by atoms with Crippen LogP contribution in [-0.2, 0) is 16.0 Å². The topological polar surface area (TPSA) is 106 Å². The molecule has 2 aromatic rings. The molecule has 1 aromatic carbocycles. The molecule has 0 bridgehead atoms. The monoisotopic (exact) mass is 375 g/mol. The van der Waals surface area contributed by atoms with Crippen LogP contribution in [0.1, 0.15) is 38.3 Å². The smallest absolute Gasteiger partial charge is 0.336 e. The average molecular weight is 375 g/mol. The van der Waals surface area contributed by atoms with E-state index in [1.807, 2.05) is 13.8 Å². The van der Waals surface area contributed by atoms with Gasteiger partial charge in [-0.25, -0.2) is 9.59 Å². The second-order valence-electron chi connectivity index (χ2n) is 6.57. The quantitative estimate of drug-likeness (QED) is 0.687. The van der Waals surface area contributed by atoms with E-state index >= 15 is 0 Å². The number of carbonyl (C=O) groups is 2. The number of ether oxygens (including phenoxy) is 1. The van der Waals surface area contributed by atoms with E-state index < -0.39 is 23.5 Å². The summed E-state index contributed by atoms with van der Waals surface area (Å²) in [6.07, 6.45) is 1.32. The number of benzene rings is 1. The summed E-state index contributed by atoms with van der Waals surface area (Å²) in [5.41, 5.74) is 1.49. The van der Waals surface area contributed by atoms with E-state index in [4.69, 9.17) is 9.15 Å². The van der Waals surface area contributed by atoms with E-state index in [0.717, 1.165) is 10.9 Å². The summed E-state index contributed by atoms with van der Waals surface area (Å²) in [5, 5.41) is 12.6. The minimum Gasteiger partial charge on any atom is -0.483 e. The van der Waals surface area contributed by atoms with Crippen molar-refractivity contribution < 1.29 is 23.8 Å². The number of fused-ring (bicyclic) bond motifs is 1. The first-order valence-electron chi connectivity index (χ1n) is 8.99. The van der Waals surface area contributed by atoms with Crippen LogP contribution in [0, 0.1) is 12.8 Å². The van der Waals surface area contributed by atoms with E-state index in [1.54, 1.807) is 26.0 Å². The van der Waals surface area contributed by atoms with Crippen molar-refractivity contribution >= 4 is 22.8 Å². The first-order chi connectivity index (χ1) is 12.8. The zero-order valence-electron chi connectivity index (χ0n) is 16.0. The highest BCUT2D eigenvalue weighted by atomic mass is 16.5. The molecule has 2 rings (SSSR count). The van der Waals surface area contributed by atoms with E-state index in [-0.39, 0.29) is 12.5 Å². The normalized spacial score (nSPS) is 13.2. The minimum absolute atomic E-state index is 0.199. The van der Waals surface area contributed by atoms with Crippen LogP contribution in [0.2, 0.25) is 0 Å². The van der Waals surface area contributed by atoms with Crippen molar-refractivity contribution in [1.29, 1.82) is 0 Å². The molecule has 2 atom stereocenters. The third kappa shape index (κ3) is 4.67. The molecule has 0 aliphatic heterocycles. The Kier molecular flexibility index (Phi) is 6.60. The van der Waals surface area contributed by atoms with Gasteiger partial charge in [-0.05, 0) is 37.0 Å². The van der Waals surface area contributed by atoms with Gasteiger partial charge in [0.1, 0.15) is 17.4 Å². The number of aliphatic carboxylic acids is 1. The number of amides is 1. The van der Waals surface area contributed by atoms with E-state index in [0.29, 0.717) is 29.7 Å². The van der Waals surface area contributed by atoms with E-state index in [1.165, 1.54) is 6.07 Å². The highest BCUT2D eigenvalue weighted by molar-refractivity contribution is 5.86. The molecule has 0 radical (unpaired) electrons. The van der Waals surface area contributed by atoms with Gasteiger partial charge in [-0.3, -0.25) is 4.79 Å². The zero-order valence-corrected chi connectivity index (χ0v) is 16.0. The van der Waals surface area contributed by atoms with Crippen LogP contribution < -0.4 is 15.7 Å². The molecule has 27 heavy (non-hydrogen) atoms. The van der Waals surface area contributed by atoms with Crippen LogP contribution in [0.15, 0.2) is 27.4 Å². The Hall–Kier alpha value is -2.83. The fourth-order valence-corrected chi connectivity index (χ4v) is 2.90. The Morgan fingerprint density at radius 1 is 1.30 bits per heavy atom. The molecule has 7 nitrogen and oxygen atoms in total. The summed E-state index contributed by atoms with van der Waals surface area (Å²) in [4.78, 5) is 35.2. The molecule has 0 saturated carbocycles. The Morgan fingerprint density at radius 2 is 2.00 bits per heavy atom. The van der Waals surface area contributed by atoms with Crippen LogP contribution in [0.4, 0.5) is 0 Å². The molecule has 0 saturated heterocycles. The number of hydrogen-bond donors (Lipinski definition) is 2. The first-order valence-corrected chi connectivity index (χ1v) is 8.99. The number of hydrogen-bond acceptors (Lipinski definition) is 5. The first kappa shape index (κ1) is 20.5. The van der Waals surface area contributed by atoms with Gasteiger partial charge in [0.25, 0.3) is 5.91 Å². The number of carboxylic acid groups (broad SMARTS) is 1. The van der Waals surface area contributed by atoms with Gasteiger partial charge >= 0.3 is 11.6 Å². The summed E-state index contributed by atoms with van der Waals surface area (Å²) >= 11 is 0. The van der Waals surface area contributed by atoms with Gasteiger partial charge in [0.15, 0.2) is 6.61 Å². The Morgan fingerprint density at radius 3 is 2.59 bits per heavy atom. The second-order valence-corrected chi connectivity index (χ2v) is 6.57. The van der Waals surface area contributed by atoms with Crippen molar-refractivity contribution in [3.05, 3.63) is 39.7 Å². The molecule has 1 aromatic heterocycles. The van der Waals surface area contributed by atoms with Crippen molar-refractivity contribution in [3.8, 4) is 5.75 Å². The SMILES string of the molecule is CCc1cc(=O)oc2c(C)c(OCC(=O)N[C@H](C(=O)O)[C@@H](C)CC)ccc12. The summed E-state index contributed by atoms with van der Waals surface area (Å²) in [5.74, 6) is -1.39. The van der Waals surface area contributed by atoms with Crippen molar-refractivity contribution in [2.45, 2.75) is 46.6 Å². The summed E-state index contributed by atoms with van der Waals surface area (Å²) in [6, 6.07) is 4.01. The number of nitrogens with one attached hydrogen (secondary N) is 1. The Balaban J connectivity index is 2.17. The fourth-order valence-electron chi connectivity index (χ4n) is 2.90. The molecule has 2 N–H and O–H groups in total. The van der Waals surface area contributed by atoms with Crippen molar-refractivity contribution in [2.24, 2.45) is 5.92 Å². The van der Waals surface area contributed by atoms with Crippen LogP contribution >= 0.6 is 0 Å². The summed E-state index contributed by atoms with van der Waals surface area (Å²) in [7, 11) is 0. The van der Waals surface area contributed by atoms with Crippen LogP contribution in [0.5, 0.6) is 5.75 Å². The molecule has 1 heterocycles. The molecule has 1 amide bonds. The zero-order chi connectivity index (χ0) is 20.1. The lowest BCUT2D eigenvalue weighted by molar-refractivity contribution is -0.143. The number of aryl methyl sites for hydroxylation is 2. The minimum atomic E-state index is -1.08. The van der Waals surface area contributed by atoms with Crippen molar-refractivity contribution in [3.63, 3.8) is 0 Å². The molecular formula is C20H25NO6. The van der Waals surface area contributed by atoms with Crippen molar-refractivity contribution in [1.82, 2.24) is 5.32 Å². The van der Waals surface area contributed by atoms with Gasteiger partial charge in [0.05, 0.1) is 0 Å². The largest absolute Gasteiger partial charge is 0.483 e. The van der Waals surface area contributed by atoms with Gasteiger partial charge in [-0.15, -0.1) is 0 Å². The second kappa shape index (κ2) is 8.70. The van der Waals surface area contributed by atoms with Crippen molar-refractivity contribution in [2.75, 3.05) is 6.61 Å². The molecule has 0 fully saturated rings. The maximum Gasteiger partial charge on any atom is 0.336 e. The molecule has 146 valence electrons. The van der Waals surface area contributed by atoms with Crippen LogP contribution in [-0.4, -0.2) is 29.6 Å². The summed E-state index contributed by atoms with van der Waals surface area (Å²) < 4.78 is 10.9. The Labute approximate surface area is 157 Å². The maximum absolute atomic E-state index is 12.1. The van der Waals surface area contributed by atoms with Crippen LogP contribution in [0.3, 0.4) is 0 Å². The predicted molar refractivity (Wildman–Crippen MR) is 101 cm³/mol. The molecule has 0 unspecified atom stereocenters. The lowest BCUT2D eigenvalue weighted by atomic mass is 9.99. The Bertz CT molecular complexity index is 901. The predicted octanol–water partition coefficient (Wildman–Crippen LogP) is 2.66. The molecule has 0 aliphatic rings. The fraction of sp³-hybridized carbons (Fsp3) is 0.450. The number of carboxylic acids is 1. The lowest BCUT2D eigenvalue weighted by Crippen LogP contribution is -2.46. The third-order valence-electron chi connectivity index (χ3n) is 4.73. The number of carbonyl (C=O) groups excluding carboxylic acids is 1. The lowest BCUT2D eigenvalue weighted by Gasteiger charge is -2.20. The molecule has 0 aliphatic carbocycles. The highest BCUT2D eigenvalue weighted by Crippen LogP contribution is 2.28. The standard InChI is InChI=1S/C20H25NO6/c1-5-11(3)18(20(24)25)21-16(22)10-26-15-8-7-14-13(6-2)9-17(23)27-19(14)12(15)4/h7-9,11,18H,5-6,10H2,1-4H3,(H,21,22)(H,24,25)/t11-,18-/m0/s1. The van der Waals surface area contributed by atoms with Gasteiger partial charge in [-0.2, -0.15) is 0 Å². The summed E-state index contributed by atoms with van der Waals surface area (Å²) in [6.45, 7) is 7.00. The third-order valence-corrected chi connectivity index (χ3v) is 4.73. The molecular weight excluding hydrogens is 350 g/mol. The van der Waals surface area contributed by atoms with Gasteiger partial charge < -0.3 is 19.6 Å². The maximum atomic E-state index is 12.1. The van der Waals surface area contributed by atoms with Gasteiger partial charge in [0, 0.05) is 17.0 Å². The van der Waals surface area contributed by atoms with Gasteiger partial charge in [0.2, 0.25) is 0 Å². The molecule has 0 spiro atoms. The van der Waals surface area contributed by atoms with Crippen LogP contribution in [0.25, 0.3) is 11.0 Å². The number of rotatable bonds is 8. The average Bonchev–Trinajstić information content (AvgIpc) is 2.64. The van der Waals surface area contributed by atoms with E-state index in [9.17, 15) is 19.5 Å².